The molecule has 0 amide bonds. The molecule has 2 heterocycles. The van der Waals surface area contributed by atoms with E-state index in [0.717, 1.165) is 33.9 Å². The molecule has 1 spiro atoms. The lowest BCUT2D eigenvalue weighted by Crippen LogP contribution is -2.31. The maximum Gasteiger partial charge on any atom is 0.160 e. The van der Waals surface area contributed by atoms with Crippen molar-refractivity contribution in [2.24, 2.45) is 0 Å². The fourth-order valence-corrected chi connectivity index (χ4v) is 9.13. The number of nitrogens with zero attached hydrogens (tertiary/aromatic N) is 2. The molecule has 2 aliphatic rings. The van der Waals surface area contributed by atoms with Gasteiger partial charge >= 0.3 is 0 Å². The predicted octanol–water partition coefficient (Wildman–Crippen LogP) is 12.0. The van der Waals surface area contributed by atoms with Gasteiger partial charge in [0.25, 0.3) is 0 Å². The highest BCUT2D eigenvalue weighted by atomic mass is 32.2. The summed E-state index contributed by atoms with van der Waals surface area (Å²) in [4.78, 5) is 12.7. The van der Waals surface area contributed by atoms with Gasteiger partial charge in [-0.25, -0.2) is 9.97 Å². The summed E-state index contributed by atoms with van der Waals surface area (Å²) in [5.41, 5.74) is 15.0. The standard InChI is InChI=1S/C47H30N2S/c1-3-13-32(14-4-1)42-30-43(49-46(48-42)34-15-5-2-6-16-34)33-25-23-31(24-26-33)35-27-28-37-36-17-7-8-18-38(36)47(41(37)29-35)39-19-9-11-21-44(39)50-45-22-12-10-20-40(45)47/h1-30H. The van der Waals surface area contributed by atoms with Crippen molar-refractivity contribution in [3.8, 4) is 56.2 Å². The van der Waals surface area contributed by atoms with Crippen molar-refractivity contribution in [2.75, 3.05) is 0 Å². The summed E-state index contributed by atoms with van der Waals surface area (Å²) in [6.07, 6.45) is 0. The molecule has 1 aromatic heterocycles. The molecule has 8 aromatic rings. The molecular weight excluding hydrogens is 625 g/mol. The van der Waals surface area contributed by atoms with Gasteiger partial charge in [0.2, 0.25) is 0 Å². The van der Waals surface area contributed by atoms with Gasteiger partial charge in [-0.2, -0.15) is 0 Å². The van der Waals surface area contributed by atoms with Gasteiger partial charge in [-0.05, 0) is 68.8 Å². The van der Waals surface area contributed by atoms with Crippen molar-refractivity contribution in [3.05, 3.63) is 204 Å². The van der Waals surface area contributed by atoms with Crippen molar-refractivity contribution in [1.29, 1.82) is 0 Å². The van der Waals surface area contributed by atoms with E-state index < -0.39 is 0 Å². The minimum Gasteiger partial charge on any atom is -0.228 e. The number of hydrogen-bond acceptors (Lipinski definition) is 3. The van der Waals surface area contributed by atoms with Crippen LogP contribution in [0.3, 0.4) is 0 Å². The molecule has 50 heavy (non-hydrogen) atoms. The van der Waals surface area contributed by atoms with Crippen LogP contribution < -0.4 is 0 Å². The minimum atomic E-state index is -0.386. The molecule has 0 saturated heterocycles. The van der Waals surface area contributed by atoms with Gasteiger partial charge in [0.05, 0.1) is 16.8 Å². The molecule has 0 bridgehead atoms. The zero-order valence-electron chi connectivity index (χ0n) is 27.1. The van der Waals surface area contributed by atoms with Crippen molar-refractivity contribution in [3.63, 3.8) is 0 Å². The van der Waals surface area contributed by atoms with E-state index in [1.807, 2.05) is 36.0 Å². The second-order valence-electron chi connectivity index (χ2n) is 12.9. The summed E-state index contributed by atoms with van der Waals surface area (Å²) in [6, 6.07) is 65.5. The Hall–Kier alpha value is -6.03. The van der Waals surface area contributed by atoms with Crippen LogP contribution in [0.15, 0.2) is 192 Å². The van der Waals surface area contributed by atoms with E-state index in [1.165, 1.54) is 54.3 Å². The van der Waals surface area contributed by atoms with Crippen molar-refractivity contribution in [2.45, 2.75) is 15.2 Å². The highest BCUT2D eigenvalue weighted by Crippen LogP contribution is 2.62. The van der Waals surface area contributed by atoms with Gasteiger partial charge in [-0.3, -0.25) is 0 Å². The van der Waals surface area contributed by atoms with E-state index in [0.29, 0.717) is 0 Å². The fraction of sp³-hybridized carbons (Fsp3) is 0.0213. The normalized spacial score (nSPS) is 13.3. The SMILES string of the molecule is c1ccc(-c2cc(-c3ccc(-c4ccc5c(c4)C4(c6ccccc6Sc6ccccc64)c4ccccc4-5)cc3)nc(-c3ccccc3)n2)cc1. The molecule has 234 valence electrons. The molecule has 0 radical (unpaired) electrons. The third-order valence-electron chi connectivity index (χ3n) is 10.2. The number of aromatic nitrogens is 2. The lowest BCUT2D eigenvalue weighted by Gasteiger charge is -2.39. The van der Waals surface area contributed by atoms with Crippen LogP contribution in [-0.2, 0) is 5.41 Å². The Kier molecular flexibility index (Phi) is 6.68. The second kappa shape index (κ2) is 11.5. The smallest absolute Gasteiger partial charge is 0.160 e. The quantitative estimate of drug-likeness (QED) is 0.189. The first kappa shape index (κ1) is 28.9. The van der Waals surface area contributed by atoms with Crippen molar-refractivity contribution in [1.82, 2.24) is 9.97 Å². The zero-order chi connectivity index (χ0) is 33.1. The van der Waals surface area contributed by atoms with Crippen LogP contribution in [0.1, 0.15) is 22.3 Å². The Morgan fingerprint density at radius 3 is 1.48 bits per heavy atom. The third kappa shape index (κ3) is 4.44. The summed E-state index contributed by atoms with van der Waals surface area (Å²) in [5.74, 6) is 0.723. The Labute approximate surface area is 296 Å². The van der Waals surface area contributed by atoms with Crippen LogP contribution in [0.25, 0.3) is 56.2 Å². The average Bonchev–Trinajstić information content (AvgIpc) is 3.48. The zero-order valence-corrected chi connectivity index (χ0v) is 27.9. The Morgan fingerprint density at radius 2 is 0.820 bits per heavy atom. The number of rotatable bonds is 4. The predicted molar refractivity (Wildman–Crippen MR) is 205 cm³/mol. The lowest BCUT2D eigenvalue weighted by molar-refractivity contribution is 0.722. The lowest BCUT2D eigenvalue weighted by atomic mass is 9.67. The van der Waals surface area contributed by atoms with Crippen LogP contribution in [-0.4, -0.2) is 9.97 Å². The summed E-state index contributed by atoms with van der Waals surface area (Å²) in [7, 11) is 0. The number of hydrogen-bond donors (Lipinski definition) is 0. The summed E-state index contributed by atoms with van der Waals surface area (Å²) >= 11 is 1.88. The molecule has 1 aliphatic heterocycles. The third-order valence-corrected chi connectivity index (χ3v) is 11.3. The van der Waals surface area contributed by atoms with E-state index in [-0.39, 0.29) is 5.41 Å². The largest absolute Gasteiger partial charge is 0.228 e. The van der Waals surface area contributed by atoms with E-state index in [4.69, 9.17) is 9.97 Å². The van der Waals surface area contributed by atoms with Crippen molar-refractivity contribution >= 4 is 11.8 Å². The van der Waals surface area contributed by atoms with E-state index in [1.54, 1.807) is 0 Å². The molecule has 0 fully saturated rings. The van der Waals surface area contributed by atoms with E-state index in [9.17, 15) is 0 Å². The molecular formula is C47H30N2S. The minimum absolute atomic E-state index is 0.386. The number of fused-ring (bicyclic) bond motifs is 9. The van der Waals surface area contributed by atoms with Gasteiger partial charge in [0, 0.05) is 26.5 Å². The summed E-state index contributed by atoms with van der Waals surface area (Å²) in [6.45, 7) is 0. The summed E-state index contributed by atoms with van der Waals surface area (Å²) in [5, 5.41) is 0. The second-order valence-corrected chi connectivity index (χ2v) is 14.0. The molecule has 0 N–H and O–H groups in total. The maximum atomic E-state index is 5.06. The first-order valence-electron chi connectivity index (χ1n) is 17.0. The maximum absolute atomic E-state index is 5.06. The molecule has 1 aliphatic carbocycles. The molecule has 7 aromatic carbocycles. The molecule has 0 atom stereocenters. The fourth-order valence-electron chi connectivity index (χ4n) is 7.94. The number of benzene rings is 7. The van der Waals surface area contributed by atoms with Gasteiger partial charge in [0.15, 0.2) is 5.82 Å². The highest BCUT2D eigenvalue weighted by Gasteiger charge is 2.50. The first-order valence-corrected chi connectivity index (χ1v) is 17.8. The van der Waals surface area contributed by atoms with Gasteiger partial charge in [-0.1, -0.05) is 169 Å². The van der Waals surface area contributed by atoms with Crippen LogP contribution in [0.4, 0.5) is 0 Å². The van der Waals surface area contributed by atoms with E-state index in [2.05, 4.69) is 158 Å². The van der Waals surface area contributed by atoms with Crippen LogP contribution in [0.2, 0.25) is 0 Å². The molecule has 10 rings (SSSR count). The molecule has 0 saturated carbocycles. The van der Waals surface area contributed by atoms with Crippen LogP contribution in [0, 0.1) is 0 Å². The summed E-state index contributed by atoms with van der Waals surface area (Å²) < 4.78 is 0. The van der Waals surface area contributed by atoms with E-state index >= 15 is 0 Å². The average molecular weight is 655 g/mol. The van der Waals surface area contributed by atoms with Gasteiger partial charge in [-0.15, -0.1) is 0 Å². The van der Waals surface area contributed by atoms with Crippen LogP contribution in [0.5, 0.6) is 0 Å². The van der Waals surface area contributed by atoms with Crippen LogP contribution >= 0.6 is 11.8 Å². The Bertz CT molecular complexity index is 2450. The van der Waals surface area contributed by atoms with Gasteiger partial charge < -0.3 is 0 Å². The molecule has 0 unspecified atom stereocenters. The Morgan fingerprint density at radius 1 is 0.340 bits per heavy atom. The topological polar surface area (TPSA) is 25.8 Å². The van der Waals surface area contributed by atoms with Gasteiger partial charge in [0.1, 0.15) is 0 Å². The monoisotopic (exact) mass is 654 g/mol. The Balaban J connectivity index is 1.11. The molecule has 3 heteroatoms. The highest BCUT2D eigenvalue weighted by molar-refractivity contribution is 7.99. The van der Waals surface area contributed by atoms with Crippen molar-refractivity contribution < 1.29 is 0 Å². The molecule has 2 nitrogen and oxygen atoms in total. The first-order chi connectivity index (χ1) is 24.8.